The van der Waals surface area contributed by atoms with Crippen LogP contribution in [0.5, 0.6) is 0 Å². The summed E-state index contributed by atoms with van der Waals surface area (Å²) in [7, 11) is 4.01. The minimum atomic E-state index is -0.0405. The van der Waals surface area contributed by atoms with Gasteiger partial charge < -0.3 is 4.90 Å². The molecule has 2 aromatic rings. The first-order chi connectivity index (χ1) is 12.6. The van der Waals surface area contributed by atoms with Crippen LogP contribution in [0.4, 0.5) is 11.4 Å². The molecule has 0 unspecified atom stereocenters. The summed E-state index contributed by atoms with van der Waals surface area (Å²) in [6.45, 7) is 4.19. The number of nitrogens with zero attached hydrogens (tertiary/aromatic N) is 3. The van der Waals surface area contributed by atoms with Gasteiger partial charge in [-0.2, -0.15) is 0 Å². The summed E-state index contributed by atoms with van der Waals surface area (Å²) in [5, 5.41) is 0.678. The first kappa shape index (κ1) is 18.0. The van der Waals surface area contributed by atoms with Crippen molar-refractivity contribution in [3.05, 3.63) is 77.7 Å². The number of aliphatic imine (C=N–C) groups is 1. The van der Waals surface area contributed by atoms with Crippen molar-refractivity contribution in [2.75, 3.05) is 25.5 Å². The first-order valence-corrected chi connectivity index (χ1v) is 9.13. The molecule has 0 aromatic heterocycles. The molecule has 0 N–H and O–H groups in total. The van der Waals surface area contributed by atoms with Gasteiger partial charge in [0.1, 0.15) is 0 Å². The normalized spacial score (nSPS) is 17.2. The minimum Gasteiger partial charge on any atom is -0.378 e. The molecule has 0 radical (unpaired) electrons. The SMILES string of the molecule is C=CCN1C(=O)C(=Cc2ccc(N(C)C)cc2)SC1=Nc1ccccc1. The number of hydrogen-bond acceptors (Lipinski definition) is 4. The van der Waals surface area contributed by atoms with Crippen molar-refractivity contribution in [3.8, 4) is 0 Å². The van der Waals surface area contributed by atoms with Crippen LogP contribution in [0.25, 0.3) is 6.08 Å². The summed E-state index contributed by atoms with van der Waals surface area (Å²) in [6, 6.07) is 17.8. The summed E-state index contributed by atoms with van der Waals surface area (Å²) in [5.74, 6) is -0.0405. The van der Waals surface area contributed by atoms with E-state index in [0.29, 0.717) is 16.6 Å². The molecule has 3 rings (SSSR count). The quantitative estimate of drug-likeness (QED) is 0.578. The molecule has 0 aliphatic carbocycles. The van der Waals surface area contributed by atoms with Crippen LogP contribution in [0.2, 0.25) is 0 Å². The monoisotopic (exact) mass is 363 g/mol. The van der Waals surface area contributed by atoms with Crippen LogP contribution < -0.4 is 4.90 Å². The van der Waals surface area contributed by atoms with E-state index in [1.165, 1.54) is 11.8 Å². The molecule has 26 heavy (non-hydrogen) atoms. The zero-order valence-electron chi connectivity index (χ0n) is 14.9. The lowest BCUT2D eigenvalue weighted by atomic mass is 10.2. The second-order valence-corrected chi connectivity index (χ2v) is 7.04. The predicted octanol–water partition coefficient (Wildman–Crippen LogP) is 4.54. The third-order valence-electron chi connectivity index (χ3n) is 3.89. The molecule has 0 saturated carbocycles. The van der Waals surface area contributed by atoms with Gasteiger partial charge in [-0.05, 0) is 47.7 Å². The lowest BCUT2D eigenvalue weighted by Gasteiger charge is -2.12. The van der Waals surface area contributed by atoms with E-state index in [4.69, 9.17) is 0 Å². The standard InChI is InChI=1S/C21H21N3OS/c1-4-14-24-20(25)19(15-16-10-12-18(13-11-16)23(2)3)26-21(24)22-17-8-6-5-7-9-17/h4-13,15H,1,14H2,2-3H3. The van der Waals surface area contributed by atoms with Gasteiger partial charge in [-0.15, -0.1) is 6.58 Å². The number of hydrogen-bond donors (Lipinski definition) is 0. The Balaban J connectivity index is 1.90. The van der Waals surface area contributed by atoms with E-state index in [-0.39, 0.29) is 5.91 Å². The minimum absolute atomic E-state index is 0.0405. The molecule has 132 valence electrons. The van der Waals surface area contributed by atoms with E-state index in [9.17, 15) is 4.79 Å². The molecule has 1 aliphatic heterocycles. The lowest BCUT2D eigenvalue weighted by molar-refractivity contribution is -0.121. The second-order valence-electron chi connectivity index (χ2n) is 6.03. The number of rotatable bonds is 5. The Labute approximate surface area is 158 Å². The summed E-state index contributed by atoms with van der Waals surface area (Å²) in [5.41, 5.74) is 2.94. The van der Waals surface area contributed by atoms with Crippen molar-refractivity contribution in [3.63, 3.8) is 0 Å². The van der Waals surface area contributed by atoms with Crippen molar-refractivity contribution in [2.24, 2.45) is 4.99 Å². The van der Waals surface area contributed by atoms with Gasteiger partial charge in [0.05, 0.1) is 10.6 Å². The van der Waals surface area contributed by atoms with Gasteiger partial charge in [0.25, 0.3) is 5.91 Å². The summed E-state index contributed by atoms with van der Waals surface area (Å²) >= 11 is 1.40. The molecule has 1 fully saturated rings. The Morgan fingerprint density at radius 3 is 2.42 bits per heavy atom. The lowest BCUT2D eigenvalue weighted by Crippen LogP contribution is -2.29. The first-order valence-electron chi connectivity index (χ1n) is 8.32. The highest BCUT2D eigenvalue weighted by molar-refractivity contribution is 8.18. The Hall–Kier alpha value is -2.79. The fourth-order valence-electron chi connectivity index (χ4n) is 2.51. The number of carbonyl (C=O) groups excluding carboxylic acids is 1. The molecular weight excluding hydrogens is 342 g/mol. The molecule has 1 amide bonds. The predicted molar refractivity (Wildman–Crippen MR) is 112 cm³/mol. The molecule has 1 saturated heterocycles. The molecule has 0 bridgehead atoms. The van der Waals surface area contributed by atoms with Crippen molar-refractivity contribution in [1.29, 1.82) is 0 Å². The van der Waals surface area contributed by atoms with Crippen molar-refractivity contribution in [1.82, 2.24) is 4.90 Å². The van der Waals surface area contributed by atoms with Crippen molar-refractivity contribution >= 4 is 40.3 Å². The molecule has 0 atom stereocenters. The average Bonchev–Trinajstić information content (AvgIpc) is 2.92. The topological polar surface area (TPSA) is 35.9 Å². The number of benzene rings is 2. The van der Waals surface area contributed by atoms with Gasteiger partial charge in [0.2, 0.25) is 0 Å². The number of anilines is 1. The molecule has 2 aromatic carbocycles. The van der Waals surface area contributed by atoms with Crippen LogP contribution in [-0.4, -0.2) is 36.6 Å². The highest BCUT2D eigenvalue weighted by Gasteiger charge is 2.32. The number of amides is 1. The fraction of sp³-hybridized carbons (Fsp3) is 0.143. The van der Waals surface area contributed by atoms with Gasteiger partial charge in [0, 0.05) is 26.3 Å². The molecule has 5 heteroatoms. The van der Waals surface area contributed by atoms with Crippen molar-refractivity contribution < 1.29 is 4.79 Å². The van der Waals surface area contributed by atoms with Gasteiger partial charge in [0.15, 0.2) is 5.17 Å². The Bertz CT molecular complexity index is 855. The van der Waals surface area contributed by atoms with Crippen LogP contribution in [-0.2, 0) is 4.79 Å². The van der Waals surface area contributed by atoms with E-state index in [1.807, 2.05) is 79.7 Å². The third-order valence-corrected chi connectivity index (χ3v) is 4.89. The van der Waals surface area contributed by atoms with Crippen molar-refractivity contribution in [2.45, 2.75) is 0 Å². The third kappa shape index (κ3) is 4.06. The van der Waals surface area contributed by atoms with Crippen LogP contribution >= 0.6 is 11.8 Å². The molecule has 0 spiro atoms. The Morgan fingerprint density at radius 1 is 1.12 bits per heavy atom. The van der Waals surface area contributed by atoms with Crippen LogP contribution in [0.15, 0.2) is 77.1 Å². The maximum absolute atomic E-state index is 12.8. The summed E-state index contributed by atoms with van der Waals surface area (Å²) in [4.78, 5) is 21.8. The van der Waals surface area contributed by atoms with Gasteiger partial charge in [-0.1, -0.05) is 36.4 Å². The van der Waals surface area contributed by atoms with Gasteiger partial charge in [-0.25, -0.2) is 4.99 Å². The maximum Gasteiger partial charge on any atom is 0.267 e. The zero-order chi connectivity index (χ0) is 18.5. The highest BCUT2D eigenvalue weighted by Crippen LogP contribution is 2.34. The van der Waals surface area contributed by atoms with E-state index in [0.717, 1.165) is 16.9 Å². The molecule has 4 nitrogen and oxygen atoms in total. The van der Waals surface area contributed by atoms with Gasteiger partial charge >= 0.3 is 0 Å². The molecular formula is C21H21N3OS. The largest absolute Gasteiger partial charge is 0.378 e. The molecule has 1 heterocycles. The van der Waals surface area contributed by atoms with E-state index in [2.05, 4.69) is 11.6 Å². The second kappa shape index (κ2) is 8.06. The Kier molecular flexibility index (Phi) is 5.58. The van der Waals surface area contributed by atoms with E-state index >= 15 is 0 Å². The van der Waals surface area contributed by atoms with Crippen LogP contribution in [0.3, 0.4) is 0 Å². The number of carbonyl (C=O) groups is 1. The Morgan fingerprint density at radius 2 is 1.81 bits per heavy atom. The van der Waals surface area contributed by atoms with Crippen LogP contribution in [0, 0.1) is 0 Å². The zero-order valence-corrected chi connectivity index (χ0v) is 15.7. The fourth-order valence-corrected chi connectivity index (χ4v) is 3.52. The highest BCUT2D eigenvalue weighted by atomic mass is 32.2. The maximum atomic E-state index is 12.8. The molecule has 1 aliphatic rings. The summed E-state index contributed by atoms with van der Waals surface area (Å²) in [6.07, 6.45) is 3.63. The number of thioether (sulfide) groups is 1. The number of para-hydroxylation sites is 1. The van der Waals surface area contributed by atoms with Crippen LogP contribution in [0.1, 0.15) is 5.56 Å². The number of amidine groups is 1. The smallest absolute Gasteiger partial charge is 0.267 e. The van der Waals surface area contributed by atoms with Gasteiger partial charge in [-0.3, -0.25) is 9.69 Å². The van der Waals surface area contributed by atoms with E-state index in [1.54, 1.807) is 11.0 Å². The average molecular weight is 363 g/mol. The summed E-state index contributed by atoms with van der Waals surface area (Å²) < 4.78 is 0. The van der Waals surface area contributed by atoms with E-state index < -0.39 is 0 Å².